The van der Waals surface area contributed by atoms with E-state index in [9.17, 15) is 38.4 Å². The van der Waals surface area contributed by atoms with Crippen LogP contribution in [0.15, 0.2) is 85.6 Å². The van der Waals surface area contributed by atoms with Crippen LogP contribution in [0.25, 0.3) is 21.8 Å². The van der Waals surface area contributed by atoms with Crippen LogP contribution in [-0.4, -0.2) is 355 Å². The molecule has 0 spiro atoms. The van der Waals surface area contributed by atoms with Crippen LogP contribution < -0.4 is 46.6 Å². The van der Waals surface area contributed by atoms with E-state index in [4.69, 9.17) is 44.1 Å². The van der Waals surface area contributed by atoms with Crippen molar-refractivity contribution in [1.82, 2.24) is 80.6 Å². The number of nitrogens with one attached hydrogen (secondary N) is 6. The van der Waals surface area contributed by atoms with Crippen LogP contribution in [0.1, 0.15) is 89.5 Å². The number of aromatic nitrogens is 6. The first-order valence-corrected chi connectivity index (χ1v) is 44.8. The molecule has 6 saturated heterocycles. The van der Waals surface area contributed by atoms with Gasteiger partial charge in [0.25, 0.3) is 11.8 Å². The number of alkyl halides is 1. The van der Waals surface area contributed by atoms with E-state index < -0.39 is 41.3 Å². The summed E-state index contributed by atoms with van der Waals surface area (Å²) in [5.41, 5.74) is 9.28. The zero-order valence-corrected chi connectivity index (χ0v) is 75.5. The molecule has 6 aliphatic heterocycles. The zero-order chi connectivity index (χ0) is 87.2. The van der Waals surface area contributed by atoms with E-state index in [1.165, 1.54) is 78.9 Å². The number of esters is 4. The molecule has 662 valence electrons. The number of aromatic amines is 2. The molecule has 121 heavy (non-hydrogen) atoms. The minimum atomic E-state index is -1.15. The molecule has 6 fully saturated rings. The number of likely N-dealkylation sites (N-methyl/N-ethyl adjacent to an activating group) is 5. The number of anilines is 4. The Bertz CT molecular complexity index is 4470. The van der Waals surface area contributed by atoms with Gasteiger partial charge in [-0.1, -0.05) is 108 Å². The van der Waals surface area contributed by atoms with E-state index >= 15 is 0 Å². The van der Waals surface area contributed by atoms with Crippen molar-refractivity contribution in [3.05, 3.63) is 116 Å². The van der Waals surface area contributed by atoms with Gasteiger partial charge in [-0.25, -0.2) is 43.9 Å². The van der Waals surface area contributed by atoms with Gasteiger partial charge < -0.3 is 115 Å². The number of fused-ring (bicyclic) bond motifs is 2. The molecular formula is C81H118ClN21O13S5. The highest BCUT2D eigenvalue weighted by molar-refractivity contribution is 7.80. The number of aldehydes is 1. The first kappa shape index (κ1) is 97.3. The zero-order valence-electron chi connectivity index (χ0n) is 70.6. The SMILES string of the molecule is CCCCOC(=O)C(Cc1c[nH]c2ccccc12)NC(=O)c1cnc(N2CCNCC2)s1.CCCCOC(=O)C(Cc1cc2ccccc2[nH]1)NC(=O)c1cnc(N2CCN(C)CC2)s1.CN1CCN(C(N)=S)CC1.CN1CCN(c2ncc(C(=O)O)s2)CC1.CN1CCNCC1.COC(=O)C(Cl)C=O.COC(=O)c1cnc(N2CCN(C)CC2)s1. The highest BCUT2D eigenvalue weighted by atomic mass is 35.5. The predicted molar refractivity (Wildman–Crippen MR) is 483 cm³/mol. The average Bonchev–Trinajstić information content (AvgIpc) is 1.69. The number of rotatable bonds is 24. The molecular weight excluding hydrogens is 1670 g/mol. The van der Waals surface area contributed by atoms with Crippen LogP contribution in [0.2, 0.25) is 0 Å². The number of ether oxygens (including phenoxy) is 4. The van der Waals surface area contributed by atoms with Gasteiger partial charge in [0.1, 0.15) is 37.9 Å². The highest BCUT2D eigenvalue weighted by Gasteiger charge is 2.30. The van der Waals surface area contributed by atoms with Gasteiger partial charge in [-0.2, -0.15) is 0 Å². The van der Waals surface area contributed by atoms with Gasteiger partial charge in [0.15, 0.2) is 31.0 Å². The second-order valence-corrected chi connectivity index (χ2v) is 34.3. The summed E-state index contributed by atoms with van der Waals surface area (Å²) in [4.78, 5) is 141. The summed E-state index contributed by atoms with van der Waals surface area (Å²) in [6, 6.07) is 16.3. The number of unbranched alkanes of at least 4 members (excludes halogenated alkanes) is 2. The van der Waals surface area contributed by atoms with Crippen molar-refractivity contribution in [2.24, 2.45) is 5.73 Å². The maximum atomic E-state index is 13.0. The van der Waals surface area contributed by atoms with E-state index in [-0.39, 0.29) is 17.8 Å². The van der Waals surface area contributed by atoms with E-state index in [2.05, 4.69) is 140 Å². The molecule has 40 heteroatoms. The van der Waals surface area contributed by atoms with E-state index in [1.807, 2.05) is 79.5 Å². The third-order valence-electron chi connectivity index (χ3n) is 20.2. The Labute approximate surface area is 734 Å². The number of nitrogens with two attached hydrogens (primary N) is 1. The second-order valence-electron chi connectivity index (χ2n) is 29.4. The smallest absolute Gasteiger partial charge is 0.349 e. The Kier molecular flexibility index (Phi) is 41.6. The minimum absolute atomic E-state index is 0.304. The lowest BCUT2D eigenvalue weighted by Gasteiger charge is -2.32. The van der Waals surface area contributed by atoms with Gasteiger partial charge in [-0.3, -0.25) is 9.59 Å². The number of piperazine rings is 6. The molecule has 8 aromatic rings. The van der Waals surface area contributed by atoms with Crippen LogP contribution in [0.3, 0.4) is 0 Å². The number of para-hydroxylation sites is 2. The molecule has 34 nitrogen and oxygen atoms in total. The summed E-state index contributed by atoms with van der Waals surface area (Å²) in [6.45, 7) is 28.7. The van der Waals surface area contributed by atoms with Crippen LogP contribution in [0.5, 0.6) is 0 Å². The van der Waals surface area contributed by atoms with Crippen molar-refractivity contribution in [2.45, 2.75) is 69.8 Å². The Morgan fingerprint density at radius 1 is 0.537 bits per heavy atom. The van der Waals surface area contributed by atoms with Crippen LogP contribution in [-0.2, 0) is 51.0 Å². The number of carboxylic acids is 1. The van der Waals surface area contributed by atoms with Crippen molar-refractivity contribution in [2.75, 3.05) is 239 Å². The van der Waals surface area contributed by atoms with Crippen molar-refractivity contribution < 1.29 is 62.4 Å². The molecule has 0 saturated carbocycles. The fourth-order valence-corrected chi connectivity index (χ4v) is 16.3. The third kappa shape index (κ3) is 32.3. The number of hydrogen-bond donors (Lipinski definition) is 8. The summed E-state index contributed by atoms with van der Waals surface area (Å²) in [6.07, 6.45) is 12.5. The van der Waals surface area contributed by atoms with E-state index in [1.54, 1.807) is 18.6 Å². The molecule has 14 rings (SSSR count). The van der Waals surface area contributed by atoms with Crippen LogP contribution >= 0.6 is 69.2 Å². The number of carboxylic acid groups (broad SMARTS) is 1. The maximum Gasteiger partial charge on any atom is 0.349 e. The fraction of sp³-hybridized carbons (Fsp3) is 0.543. The number of thiocarbonyl (C=S) groups is 1. The van der Waals surface area contributed by atoms with Gasteiger partial charge in [0.05, 0.1) is 52.2 Å². The van der Waals surface area contributed by atoms with Gasteiger partial charge in [0.2, 0.25) is 0 Å². The van der Waals surface area contributed by atoms with Crippen molar-refractivity contribution in [3.8, 4) is 0 Å². The number of hydrogen-bond acceptors (Lipinski definition) is 32. The minimum Gasteiger partial charge on any atom is -0.477 e. The number of thiazole rings is 4. The number of halogens is 1. The molecule has 3 atom stereocenters. The number of nitrogens with zero attached hydrogens (tertiary/aromatic N) is 14. The quantitative estimate of drug-likeness (QED) is 0.00652. The standard InChI is InChI=1S/C24H31N5O3S.C23H29N5O3S.C10H15N3O2S.C9H13N3O2S.C6H13N3S.C5H12N2.C4H5ClO3/c1-3-4-13-32-23(31)20(15-18-14-17-7-5-6-8-19(17)26-18)27-22(30)21-16-25-24(33-21)29-11-9-28(2)10-12-29;1-2-3-12-31-22(30)19(13-16-14-25-18-7-5-4-6-17(16)18)27-21(29)20-15-26-23(32-20)28-10-8-24-9-11-28;1-12-3-5-13(6-4-12)10-11-7-8(16-10)9(14)15-2;1-11-2-4-12(5-3-11)9-10-6-7(15-9)8(13)14;1-8-2-4-9(5-3-8)6(7)10;1-7-4-2-6-3-5-7;1-8-4(7)3(5)2-6/h5-8,14,16,20,26H,3-4,9-13,15H2,1-2H3,(H,27,30);4-7,14-15,19,24-25H,2-3,8-13H2,1H3,(H,27,29);7H,3-6H2,1-2H3;6H,2-5H2,1H3,(H,13,14);2-5H2,1H3,(H2,7,10);6H,2-5H2,1H3;2-3H,1H3. The fourth-order valence-electron chi connectivity index (χ4n) is 12.6. The second kappa shape index (κ2) is 51.7. The Hall–Kier alpha value is -9.10. The van der Waals surface area contributed by atoms with E-state index in [0.717, 1.165) is 223 Å². The monoisotopic (exact) mass is 1790 g/mol. The molecule has 9 N–H and O–H groups in total. The van der Waals surface area contributed by atoms with Gasteiger partial charge in [-0.15, -0.1) is 11.6 Å². The highest BCUT2D eigenvalue weighted by Crippen LogP contribution is 2.29. The number of methoxy groups -OCH3 is 2. The molecule has 3 unspecified atom stereocenters. The molecule has 2 amide bonds. The van der Waals surface area contributed by atoms with E-state index in [0.29, 0.717) is 57.0 Å². The number of carbonyl (C=O) groups is 8. The summed E-state index contributed by atoms with van der Waals surface area (Å²) in [5, 5.41) is 26.0. The first-order valence-electron chi connectivity index (χ1n) is 40.6. The van der Waals surface area contributed by atoms with Crippen LogP contribution in [0.4, 0.5) is 20.5 Å². The van der Waals surface area contributed by atoms with Gasteiger partial charge in [0, 0.05) is 198 Å². The third-order valence-corrected chi connectivity index (χ3v) is 24.9. The van der Waals surface area contributed by atoms with Crippen LogP contribution in [0, 0.1) is 0 Å². The molecule has 2 aromatic carbocycles. The maximum absolute atomic E-state index is 13.0. The number of amides is 2. The molecule has 0 radical (unpaired) electrons. The number of benzene rings is 2. The van der Waals surface area contributed by atoms with Crippen molar-refractivity contribution >= 4 is 165 Å². The molecule has 6 aromatic heterocycles. The number of H-pyrrole nitrogens is 2. The first-order chi connectivity index (χ1) is 58.4. The topological polar surface area (TPSA) is 383 Å². The van der Waals surface area contributed by atoms with Gasteiger partial charge in [-0.05, 0) is 89.4 Å². The summed E-state index contributed by atoms with van der Waals surface area (Å²) < 4.78 is 19.7. The van der Waals surface area contributed by atoms with Gasteiger partial charge >= 0.3 is 29.8 Å². The number of carbonyl (C=O) groups excluding carboxylic acids is 7. The summed E-state index contributed by atoms with van der Waals surface area (Å²) >= 11 is 15.3. The Balaban J connectivity index is 0.000000189. The lowest BCUT2D eigenvalue weighted by atomic mass is 10.0. The average molecular weight is 1790 g/mol. The Morgan fingerprint density at radius 2 is 0.942 bits per heavy atom. The lowest BCUT2D eigenvalue weighted by Crippen LogP contribution is -2.48. The van der Waals surface area contributed by atoms with Crippen molar-refractivity contribution in [1.29, 1.82) is 0 Å². The molecule has 0 aliphatic carbocycles. The van der Waals surface area contributed by atoms with Crippen molar-refractivity contribution in [3.63, 3.8) is 0 Å². The lowest BCUT2D eigenvalue weighted by molar-refractivity contribution is -0.146. The summed E-state index contributed by atoms with van der Waals surface area (Å²) in [7, 11) is 13.1. The predicted octanol–water partition coefficient (Wildman–Crippen LogP) is 6.02. The Morgan fingerprint density at radius 3 is 1.36 bits per heavy atom. The normalized spacial score (nSPS) is 16.8. The largest absolute Gasteiger partial charge is 0.477 e. The molecule has 0 bridgehead atoms. The molecule has 6 aliphatic rings. The summed E-state index contributed by atoms with van der Waals surface area (Å²) in [5.74, 6) is -3.36. The molecule has 12 heterocycles. The number of aromatic carboxylic acids is 1.